The predicted octanol–water partition coefficient (Wildman–Crippen LogP) is 3.10. The van der Waals surface area contributed by atoms with Crippen LogP contribution in [-0.2, 0) is 9.47 Å². The number of ether oxygens (including phenoxy) is 3. The lowest BCUT2D eigenvalue weighted by molar-refractivity contribution is 0.101. The van der Waals surface area contributed by atoms with E-state index in [1.54, 1.807) is 23.2 Å². The fraction of sp³-hybridized carbons (Fsp3) is 0.238. The lowest BCUT2D eigenvalue weighted by Crippen LogP contribution is -2.26. The maximum absolute atomic E-state index is 12.3. The minimum Gasteiger partial charge on any atom is -0.471 e. The summed E-state index contributed by atoms with van der Waals surface area (Å²) < 4.78 is 20.4. The van der Waals surface area contributed by atoms with Crippen LogP contribution < -0.4 is 14.5 Å². The van der Waals surface area contributed by atoms with Gasteiger partial charge in [-0.15, -0.1) is 0 Å². The van der Waals surface area contributed by atoms with E-state index < -0.39 is 12.2 Å². The van der Waals surface area contributed by atoms with Gasteiger partial charge in [-0.25, -0.2) is 14.6 Å². The van der Waals surface area contributed by atoms with Crippen molar-refractivity contribution in [1.29, 1.82) is 0 Å². The summed E-state index contributed by atoms with van der Waals surface area (Å²) in [5.74, 6) is 0.904. The van der Waals surface area contributed by atoms with Crippen molar-refractivity contribution in [1.82, 2.24) is 10.1 Å². The highest BCUT2D eigenvalue weighted by atomic mass is 16.6. The lowest BCUT2D eigenvalue weighted by atomic mass is 10.1. The third-order valence-corrected chi connectivity index (χ3v) is 5.00. The molecule has 0 aliphatic carbocycles. The second-order valence-electron chi connectivity index (χ2n) is 6.98. The summed E-state index contributed by atoms with van der Waals surface area (Å²) in [5.41, 5.74) is 2.55. The van der Waals surface area contributed by atoms with Crippen LogP contribution in [0.2, 0.25) is 0 Å². The molecule has 2 aliphatic heterocycles. The van der Waals surface area contributed by atoms with Crippen molar-refractivity contribution in [3.8, 4) is 17.0 Å². The van der Waals surface area contributed by atoms with Gasteiger partial charge in [-0.2, -0.15) is 0 Å². The van der Waals surface area contributed by atoms with E-state index in [0.717, 1.165) is 16.8 Å². The first-order valence-corrected chi connectivity index (χ1v) is 9.69. The van der Waals surface area contributed by atoms with E-state index in [-0.39, 0.29) is 12.7 Å². The van der Waals surface area contributed by atoms with E-state index in [2.05, 4.69) is 10.1 Å². The first kappa shape index (κ1) is 18.9. The molecule has 5 rings (SSSR count). The molecule has 2 aromatic heterocycles. The third kappa shape index (κ3) is 3.87. The molecular formula is C21H18N4O6. The molecule has 0 spiro atoms. The second-order valence-corrected chi connectivity index (χ2v) is 6.98. The van der Waals surface area contributed by atoms with E-state index in [1.807, 2.05) is 30.3 Å². The number of nitrogens with zero attached hydrogens (tertiary/aromatic N) is 4. The molecule has 158 valence electrons. The molecule has 10 heteroatoms. The van der Waals surface area contributed by atoms with Crippen molar-refractivity contribution in [3.05, 3.63) is 54.9 Å². The molecule has 2 amide bonds. The standard InChI is InChI=1S/C21H18N4O6/c26-20-24(8-10-28-20)18-6-3-15(11-22-18)14-1-4-16(5-2-14)25-12-17(31-21(25)27)13-29-19-7-9-30-23-19/h1-7,9,11,17H,8,10,12-13H2. The fourth-order valence-electron chi connectivity index (χ4n) is 3.43. The van der Waals surface area contributed by atoms with Gasteiger partial charge in [-0.1, -0.05) is 12.1 Å². The van der Waals surface area contributed by atoms with Crippen LogP contribution >= 0.6 is 0 Å². The van der Waals surface area contributed by atoms with Crippen LogP contribution in [0, 0.1) is 0 Å². The molecule has 31 heavy (non-hydrogen) atoms. The minimum absolute atomic E-state index is 0.190. The van der Waals surface area contributed by atoms with E-state index in [4.69, 9.17) is 18.7 Å². The summed E-state index contributed by atoms with van der Waals surface area (Å²) in [6, 6.07) is 12.8. The van der Waals surface area contributed by atoms with Gasteiger partial charge < -0.3 is 18.7 Å². The topological polar surface area (TPSA) is 107 Å². The molecule has 0 bridgehead atoms. The Kier molecular flexibility index (Phi) is 4.87. The first-order valence-electron chi connectivity index (χ1n) is 9.69. The largest absolute Gasteiger partial charge is 0.471 e. The zero-order valence-electron chi connectivity index (χ0n) is 16.3. The van der Waals surface area contributed by atoms with Crippen LogP contribution in [0.4, 0.5) is 21.1 Å². The number of hydrogen-bond acceptors (Lipinski definition) is 8. The summed E-state index contributed by atoms with van der Waals surface area (Å²) in [5, 5.41) is 3.66. The van der Waals surface area contributed by atoms with Crippen molar-refractivity contribution >= 4 is 23.7 Å². The average Bonchev–Trinajstić information content (AvgIpc) is 3.54. The van der Waals surface area contributed by atoms with Crippen LogP contribution in [0.1, 0.15) is 0 Å². The number of rotatable bonds is 6. The van der Waals surface area contributed by atoms with Gasteiger partial charge in [0.25, 0.3) is 5.88 Å². The van der Waals surface area contributed by atoms with Crippen molar-refractivity contribution in [2.75, 3.05) is 36.1 Å². The van der Waals surface area contributed by atoms with E-state index >= 15 is 0 Å². The molecule has 0 N–H and O–H groups in total. The Bertz CT molecular complexity index is 1070. The second kappa shape index (κ2) is 7.98. The number of pyridine rings is 1. The molecule has 1 unspecified atom stereocenters. The lowest BCUT2D eigenvalue weighted by Gasteiger charge is -2.14. The number of carbonyl (C=O) groups excluding carboxylic acids is 2. The Morgan fingerprint density at radius 1 is 1.00 bits per heavy atom. The SMILES string of the molecule is O=C1OC(COc2ccon2)CN1c1ccc(-c2ccc(N3CCOC3=O)nc2)cc1. The molecule has 1 aromatic carbocycles. The molecule has 0 saturated carbocycles. The number of hydrogen-bond donors (Lipinski definition) is 0. The van der Waals surface area contributed by atoms with Crippen molar-refractivity contribution in [3.63, 3.8) is 0 Å². The number of anilines is 2. The molecule has 2 aliphatic rings. The van der Waals surface area contributed by atoms with Gasteiger partial charge in [0, 0.05) is 23.5 Å². The zero-order chi connectivity index (χ0) is 21.2. The van der Waals surface area contributed by atoms with Gasteiger partial charge in [0.1, 0.15) is 25.3 Å². The van der Waals surface area contributed by atoms with Crippen LogP contribution in [-0.4, -0.2) is 54.7 Å². The predicted molar refractivity (Wildman–Crippen MR) is 108 cm³/mol. The third-order valence-electron chi connectivity index (χ3n) is 5.00. The molecule has 3 aromatic rings. The van der Waals surface area contributed by atoms with Gasteiger partial charge in [-0.05, 0) is 35.0 Å². The summed E-state index contributed by atoms with van der Waals surface area (Å²) in [6.45, 7) is 1.43. The molecule has 10 nitrogen and oxygen atoms in total. The number of cyclic esters (lactones) is 2. The summed E-state index contributed by atoms with van der Waals surface area (Å²) in [6.07, 6.45) is 1.90. The Hall–Kier alpha value is -4.08. The van der Waals surface area contributed by atoms with Gasteiger partial charge in [0.05, 0.1) is 13.1 Å². The maximum atomic E-state index is 12.3. The van der Waals surface area contributed by atoms with Gasteiger partial charge in [0.15, 0.2) is 6.10 Å². The number of amides is 2. The highest BCUT2D eigenvalue weighted by Gasteiger charge is 2.33. The van der Waals surface area contributed by atoms with Crippen LogP contribution in [0.3, 0.4) is 0 Å². The highest BCUT2D eigenvalue weighted by molar-refractivity contribution is 5.90. The molecule has 2 fully saturated rings. The van der Waals surface area contributed by atoms with Gasteiger partial charge in [0.2, 0.25) is 0 Å². The van der Waals surface area contributed by atoms with Crippen LogP contribution in [0.25, 0.3) is 11.1 Å². The summed E-state index contributed by atoms with van der Waals surface area (Å²) in [7, 11) is 0. The Balaban J connectivity index is 1.23. The Morgan fingerprint density at radius 3 is 2.52 bits per heavy atom. The van der Waals surface area contributed by atoms with Crippen molar-refractivity contribution in [2.45, 2.75) is 6.10 Å². The van der Waals surface area contributed by atoms with Gasteiger partial charge >= 0.3 is 12.2 Å². The average molecular weight is 422 g/mol. The highest BCUT2D eigenvalue weighted by Crippen LogP contribution is 2.27. The Morgan fingerprint density at radius 2 is 1.84 bits per heavy atom. The summed E-state index contributed by atoms with van der Waals surface area (Å²) in [4.78, 5) is 31.3. The molecule has 4 heterocycles. The molecule has 2 saturated heterocycles. The monoisotopic (exact) mass is 422 g/mol. The number of benzene rings is 1. The van der Waals surface area contributed by atoms with Crippen molar-refractivity contribution in [2.24, 2.45) is 0 Å². The first-order chi connectivity index (χ1) is 15.2. The molecular weight excluding hydrogens is 404 g/mol. The van der Waals surface area contributed by atoms with E-state index in [1.165, 1.54) is 11.2 Å². The zero-order valence-corrected chi connectivity index (χ0v) is 16.3. The van der Waals surface area contributed by atoms with E-state index in [0.29, 0.717) is 31.4 Å². The molecule has 1 atom stereocenters. The quantitative estimate of drug-likeness (QED) is 0.596. The smallest absolute Gasteiger partial charge is 0.415 e. The van der Waals surface area contributed by atoms with E-state index in [9.17, 15) is 9.59 Å². The van der Waals surface area contributed by atoms with Crippen LogP contribution in [0.15, 0.2) is 59.4 Å². The minimum atomic E-state index is -0.426. The van der Waals surface area contributed by atoms with Crippen LogP contribution in [0.5, 0.6) is 5.88 Å². The fourth-order valence-corrected chi connectivity index (χ4v) is 3.43. The van der Waals surface area contributed by atoms with Gasteiger partial charge in [-0.3, -0.25) is 9.80 Å². The maximum Gasteiger partial charge on any atom is 0.415 e. The summed E-state index contributed by atoms with van der Waals surface area (Å²) >= 11 is 0. The Labute approximate surface area is 176 Å². The van der Waals surface area contributed by atoms with Crippen molar-refractivity contribution < 1.29 is 28.3 Å². The number of aromatic nitrogens is 2. The normalized spacial score (nSPS) is 18.3. The molecule has 0 radical (unpaired) electrons. The number of carbonyl (C=O) groups is 2.